The van der Waals surface area contributed by atoms with E-state index in [-0.39, 0.29) is 0 Å². The Morgan fingerprint density at radius 1 is 1.75 bits per heavy atom. The number of hydrogen-bond donors (Lipinski definition) is 0. The molecule has 1 aliphatic rings. The molecule has 1 saturated heterocycles. The third-order valence-corrected chi connectivity index (χ3v) is 1.17. The van der Waals surface area contributed by atoms with E-state index in [0.29, 0.717) is 6.10 Å². The van der Waals surface area contributed by atoms with E-state index in [0.717, 1.165) is 6.61 Å². The molecule has 1 fully saturated rings. The minimum atomic E-state index is 0.474. The Bertz CT molecular complexity index is 82.4. The molecule has 1 heterocycles. The summed E-state index contributed by atoms with van der Waals surface area (Å²) in [6.07, 6.45) is 7.24. The highest BCUT2D eigenvalue weighted by Crippen LogP contribution is 2.10. The lowest BCUT2D eigenvalue weighted by atomic mass is 10.3. The summed E-state index contributed by atoms with van der Waals surface area (Å²) in [7, 11) is 0. The van der Waals surface area contributed by atoms with Gasteiger partial charge in [0.25, 0.3) is 0 Å². The fourth-order valence-corrected chi connectivity index (χ4v) is 0.581. The van der Waals surface area contributed by atoms with Crippen molar-refractivity contribution in [1.82, 2.24) is 0 Å². The van der Waals surface area contributed by atoms with Crippen molar-refractivity contribution in [1.29, 1.82) is 0 Å². The van der Waals surface area contributed by atoms with Crippen molar-refractivity contribution in [2.24, 2.45) is 0 Å². The normalized spacial score (nSPS) is 26.9. The molecule has 46 valence electrons. The lowest BCUT2D eigenvalue weighted by Crippen LogP contribution is -1.72. The number of allylic oxidation sites excluding steroid dienone is 1. The second-order valence-corrected chi connectivity index (χ2v) is 2.09. The minimum absolute atomic E-state index is 0.474. The quantitative estimate of drug-likeness (QED) is 0.400. The first-order valence-electron chi connectivity index (χ1n) is 3.21. The predicted molar refractivity (Wildman–Crippen MR) is 33.8 cm³/mol. The van der Waals surface area contributed by atoms with Crippen molar-refractivity contribution in [2.75, 3.05) is 6.61 Å². The van der Waals surface area contributed by atoms with Crippen LogP contribution >= 0.6 is 0 Å². The van der Waals surface area contributed by atoms with Crippen LogP contribution in [0.3, 0.4) is 0 Å². The smallest absolute Gasteiger partial charge is 0.0991 e. The number of rotatable bonds is 3. The summed E-state index contributed by atoms with van der Waals surface area (Å²) >= 11 is 0. The number of unbranched alkanes of at least 4 members (excludes halogenated alkanes) is 1. The van der Waals surface area contributed by atoms with E-state index in [1.54, 1.807) is 0 Å². The van der Waals surface area contributed by atoms with Crippen LogP contribution in [-0.2, 0) is 4.74 Å². The van der Waals surface area contributed by atoms with E-state index in [9.17, 15) is 0 Å². The van der Waals surface area contributed by atoms with Crippen molar-refractivity contribution in [3.63, 3.8) is 0 Å². The van der Waals surface area contributed by atoms with Gasteiger partial charge in [-0.25, -0.2) is 0 Å². The molecule has 0 N–H and O–H groups in total. The second kappa shape index (κ2) is 2.88. The Balaban J connectivity index is 1.96. The fraction of sp³-hybridized carbons (Fsp3) is 0.714. The van der Waals surface area contributed by atoms with Crippen LogP contribution in [0.2, 0.25) is 0 Å². The third-order valence-electron chi connectivity index (χ3n) is 1.17. The van der Waals surface area contributed by atoms with Gasteiger partial charge in [-0.05, 0) is 6.42 Å². The minimum Gasteiger partial charge on any atom is -0.369 e. The van der Waals surface area contributed by atoms with Crippen LogP contribution in [-0.4, -0.2) is 12.7 Å². The summed E-state index contributed by atoms with van der Waals surface area (Å²) < 4.78 is 4.97. The molecule has 1 atom stereocenters. The Hall–Kier alpha value is -0.300. The molecule has 0 aromatic carbocycles. The maximum atomic E-state index is 4.97. The van der Waals surface area contributed by atoms with Gasteiger partial charge in [-0.3, -0.25) is 0 Å². The molecule has 0 spiro atoms. The molecule has 0 amide bonds. The fourth-order valence-electron chi connectivity index (χ4n) is 0.581. The molecule has 1 heteroatoms. The van der Waals surface area contributed by atoms with Gasteiger partial charge in [0, 0.05) is 0 Å². The van der Waals surface area contributed by atoms with Gasteiger partial charge >= 0.3 is 0 Å². The molecular weight excluding hydrogens is 100 g/mol. The first-order chi connectivity index (χ1) is 3.93. The van der Waals surface area contributed by atoms with E-state index in [1.807, 2.05) is 0 Å². The standard InChI is InChI=1S/C7H12O/c1-2-3-4-5-7-6-8-7/h4-5,7H,2-3,6H2,1H3/b5-4+/t7-/m0/s1. The van der Waals surface area contributed by atoms with Crippen LogP contribution in [0.5, 0.6) is 0 Å². The van der Waals surface area contributed by atoms with Crippen LogP contribution in [0.1, 0.15) is 19.8 Å². The monoisotopic (exact) mass is 112 g/mol. The molecule has 0 aromatic heterocycles. The second-order valence-electron chi connectivity index (χ2n) is 2.09. The lowest BCUT2D eigenvalue weighted by Gasteiger charge is -1.79. The molecule has 0 aromatic rings. The van der Waals surface area contributed by atoms with Gasteiger partial charge in [-0.1, -0.05) is 25.5 Å². The number of ether oxygens (including phenoxy) is 1. The van der Waals surface area contributed by atoms with Crippen molar-refractivity contribution in [2.45, 2.75) is 25.9 Å². The third kappa shape index (κ3) is 2.12. The van der Waals surface area contributed by atoms with Gasteiger partial charge in [0.1, 0.15) is 0 Å². The van der Waals surface area contributed by atoms with E-state index in [2.05, 4.69) is 19.1 Å². The number of epoxide rings is 1. The lowest BCUT2D eigenvalue weighted by molar-refractivity contribution is 0.439. The summed E-state index contributed by atoms with van der Waals surface area (Å²) in [6, 6.07) is 0. The molecule has 1 aliphatic heterocycles. The van der Waals surface area contributed by atoms with E-state index in [4.69, 9.17) is 4.74 Å². The van der Waals surface area contributed by atoms with Crippen molar-refractivity contribution in [3.8, 4) is 0 Å². The largest absolute Gasteiger partial charge is 0.369 e. The molecule has 0 aliphatic carbocycles. The van der Waals surface area contributed by atoms with Crippen molar-refractivity contribution >= 4 is 0 Å². The van der Waals surface area contributed by atoms with E-state index >= 15 is 0 Å². The van der Waals surface area contributed by atoms with E-state index < -0.39 is 0 Å². The maximum absolute atomic E-state index is 4.97. The van der Waals surface area contributed by atoms with Gasteiger partial charge in [0.05, 0.1) is 12.7 Å². The first-order valence-corrected chi connectivity index (χ1v) is 3.21. The van der Waals surface area contributed by atoms with Gasteiger partial charge in [-0.2, -0.15) is 0 Å². The van der Waals surface area contributed by atoms with Crippen LogP contribution < -0.4 is 0 Å². The first kappa shape index (κ1) is 5.83. The molecule has 0 radical (unpaired) electrons. The van der Waals surface area contributed by atoms with Crippen molar-refractivity contribution in [3.05, 3.63) is 12.2 Å². The molecule has 8 heavy (non-hydrogen) atoms. The van der Waals surface area contributed by atoms with Crippen LogP contribution in [0.4, 0.5) is 0 Å². The highest BCUT2D eigenvalue weighted by molar-refractivity contribution is 4.95. The molecule has 1 rings (SSSR count). The van der Waals surface area contributed by atoms with Crippen molar-refractivity contribution < 1.29 is 4.74 Å². The summed E-state index contributed by atoms with van der Waals surface area (Å²) in [4.78, 5) is 0. The Kier molecular flexibility index (Phi) is 2.10. The summed E-state index contributed by atoms with van der Waals surface area (Å²) in [6.45, 7) is 3.12. The van der Waals surface area contributed by atoms with Crippen LogP contribution in [0.25, 0.3) is 0 Å². The van der Waals surface area contributed by atoms with Gasteiger partial charge in [0.15, 0.2) is 0 Å². The summed E-state index contributed by atoms with van der Waals surface area (Å²) in [5, 5.41) is 0. The van der Waals surface area contributed by atoms with Gasteiger partial charge in [0.2, 0.25) is 0 Å². The molecular formula is C7H12O. The summed E-state index contributed by atoms with van der Waals surface area (Å²) in [5.74, 6) is 0. The maximum Gasteiger partial charge on any atom is 0.0991 e. The Morgan fingerprint density at radius 2 is 2.50 bits per heavy atom. The highest BCUT2D eigenvalue weighted by atomic mass is 16.6. The zero-order valence-electron chi connectivity index (χ0n) is 5.26. The Morgan fingerprint density at radius 3 is 3.00 bits per heavy atom. The summed E-state index contributed by atoms with van der Waals surface area (Å²) in [5.41, 5.74) is 0. The SMILES string of the molecule is CCC/C=C/[C@H]1CO1. The molecule has 1 nitrogen and oxygen atoms in total. The zero-order valence-corrected chi connectivity index (χ0v) is 5.26. The van der Waals surface area contributed by atoms with E-state index in [1.165, 1.54) is 12.8 Å². The average molecular weight is 112 g/mol. The topological polar surface area (TPSA) is 12.5 Å². The van der Waals surface area contributed by atoms with Crippen LogP contribution in [0, 0.1) is 0 Å². The predicted octanol–water partition coefficient (Wildman–Crippen LogP) is 1.74. The molecule has 0 bridgehead atoms. The van der Waals surface area contributed by atoms with Gasteiger partial charge in [-0.15, -0.1) is 0 Å². The Labute approximate surface area is 50.3 Å². The molecule has 0 saturated carbocycles. The average Bonchev–Trinajstić information content (AvgIpc) is 2.51. The van der Waals surface area contributed by atoms with Gasteiger partial charge < -0.3 is 4.74 Å². The highest BCUT2D eigenvalue weighted by Gasteiger charge is 2.17. The number of hydrogen-bond acceptors (Lipinski definition) is 1. The zero-order chi connectivity index (χ0) is 5.82. The molecule has 0 unspecified atom stereocenters. The van der Waals surface area contributed by atoms with Crippen LogP contribution in [0.15, 0.2) is 12.2 Å².